The van der Waals surface area contributed by atoms with E-state index in [4.69, 9.17) is 14.5 Å². The molecular formula is C51H65N7O7. The van der Waals surface area contributed by atoms with Crippen molar-refractivity contribution in [2.24, 2.45) is 17.3 Å². The molecular weight excluding hydrogens is 823 g/mol. The highest BCUT2D eigenvalue weighted by Gasteiger charge is 2.46. The van der Waals surface area contributed by atoms with Crippen LogP contribution in [-0.4, -0.2) is 112 Å². The number of hydrazine groups is 1. The molecule has 2 fully saturated rings. The van der Waals surface area contributed by atoms with E-state index in [9.17, 15) is 24.0 Å². The monoisotopic (exact) mass is 887 g/mol. The molecule has 6 bridgehead atoms. The lowest BCUT2D eigenvalue weighted by atomic mass is 9.84. The molecule has 7 rings (SSSR count). The Morgan fingerprint density at radius 3 is 2.54 bits per heavy atom. The standard InChI is InChI=1S/C51H65N7O7/c1-11-43(59)57-28-39(31(57)5)48(61)55(9)45(30(3)4)47(60)53-41-25-33-16-13-17-34(24-33)35-20-21-42-37(26-35)38(46(56(42)12-2)36-18-14-22-52-44(36)32(6)64-10)27-51(7,8)29-65-50(63)40-19-15-23-58(54-40)49(41)62/h11,13-14,16-18,20-22,24,26,30-32,39-41,45,54H,1,12,15,19,23,25,27-29H2,2-10H3,(H,53,60)/t31-,32+,39-,40+,41+,45?/m1/s1. The first-order valence-electron chi connectivity index (χ1n) is 22.9. The molecule has 0 aliphatic carbocycles. The summed E-state index contributed by atoms with van der Waals surface area (Å²) in [6.45, 7) is 18.8. The topological polar surface area (TPSA) is 155 Å². The minimum absolute atomic E-state index is 0.135. The predicted octanol–water partition coefficient (Wildman–Crippen LogP) is 6.26. The molecule has 4 amide bonds. The van der Waals surface area contributed by atoms with Crippen molar-refractivity contribution in [3.05, 3.63) is 90.3 Å². The van der Waals surface area contributed by atoms with E-state index < -0.39 is 47.2 Å². The SMILES string of the molecule is C=CC(=O)N1C[C@@H](C(=O)N(C)C(C(=O)N[C@H]2Cc3cccc(c3)-c3ccc4c(c3)c(c(-c3cccnc3[C@H](C)OC)n4CC)CC(C)(C)COC(=O)[C@@H]3CCCN(N3)C2=O)C(C)C)[C@H]1C. The lowest BCUT2D eigenvalue weighted by Gasteiger charge is -2.47. The van der Waals surface area contributed by atoms with Gasteiger partial charge >= 0.3 is 5.97 Å². The summed E-state index contributed by atoms with van der Waals surface area (Å²) in [6, 6.07) is 15.5. The average molecular weight is 888 g/mol. The van der Waals surface area contributed by atoms with Crippen molar-refractivity contribution in [2.45, 2.75) is 111 Å². The number of rotatable bonds is 10. The number of nitrogens with one attached hydrogen (secondary N) is 2. The molecule has 2 saturated heterocycles. The first-order valence-corrected chi connectivity index (χ1v) is 22.9. The summed E-state index contributed by atoms with van der Waals surface area (Å²) in [4.78, 5) is 77.1. The van der Waals surface area contributed by atoms with Crippen LogP contribution >= 0.6 is 0 Å². The number of carbonyl (C=O) groups excluding carboxylic acids is 5. The first-order chi connectivity index (χ1) is 31.0. The molecule has 1 unspecified atom stereocenters. The molecule has 5 heterocycles. The second kappa shape index (κ2) is 19.3. The number of benzene rings is 2. The molecule has 346 valence electrons. The molecule has 4 aromatic rings. The number of carbonyl (C=O) groups is 5. The fraction of sp³-hybridized carbons (Fsp3) is 0.490. The van der Waals surface area contributed by atoms with E-state index in [1.54, 1.807) is 25.3 Å². The van der Waals surface area contributed by atoms with E-state index in [-0.39, 0.29) is 49.5 Å². The number of aromatic nitrogens is 2. The van der Waals surface area contributed by atoms with E-state index >= 15 is 0 Å². The fourth-order valence-electron chi connectivity index (χ4n) is 9.87. The van der Waals surface area contributed by atoms with E-state index in [1.807, 2.05) is 45.9 Å². The van der Waals surface area contributed by atoms with Gasteiger partial charge in [-0.05, 0) is 98.5 Å². The number of hydrogen-bond acceptors (Lipinski definition) is 9. The molecule has 6 atom stereocenters. The zero-order chi connectivity index (χ0) is 46.9. The van der Waals surface area contributed by atoms with Gasteiger partial charge in [-0.1, -0.05) is 64.6 Å². The summed E-state index contributed by atoms with van der Waals surface area (Å²) in [6.07, 6.45) is 4.52. The number of methoxy groups -OCH3 is 1. The van der Waals surface area contributed by atoms with Crippen LogP contribution < -0.4 is 10.7 Å². The number of likely N-dealkylation sites (tertiary alicyclic amines) is 1. The van der Waals surface area contributed by atoms with Crippen LogP contribution in [-0.2, 0) is 52.8 Å². The van der Waals surface area contributed by atoms with Crippen molar-refractivity contribution in [1.82, 2.24) is 35.1 Å². The third kappa shape index (κ3) is 9.46. The van der Waals surface area contributed by atoms with Crippen molar-refractivity contribution >= 4 is 40.5 Å². The molecule has 65 heavy (non-hydrogen) atoms. The Kier molecular flexibility index (Phi) is 14.0. The number of aryl methyl sites for hydroxylation is 1. The number of likely N-dealkylation sites (N-methyl/N-ethyl adjacent to an activating group) is 1. The van der Waals surface area contributed by atoms with E-state index in [1.165, 1.54) is 16.0 Å². The number of pyridine rings is 1. The van der Waals surface area contributed by atoms with Crippen molar-refractivity contribution in [3.8, 4) is 22.4 Å². The predicted molar refractivity (Wildman–Crippen MR) is 250 cm³/mol. The van der Waals surface area contributed by atoms with E-state index in [0.717, 1.165) is 50.1 Å². The van der Waals surface area contributed by atoms with Crippen molar-refractivity contribution < 1.29 is 33.4 Å². The summed E-state index contributed by atoms with van der Waals surface area (Å²) in [5.41, 5.74) is 10.5. The van der Waals surface area contributed by atoms with Gasteiger partial charge in [-0.2, -0.15) is 0 Å². The maximum absolute atomic E-state index is 14.7. The van der Waals surface area contributed by atoms with Crippen LogP contribution in [0.4, 0.5) is 0 Å². The van der Waals surface area contributed by atoms with Crippen molar-refractivity contribution in [2.75, 3.05) is 33.9 Å². The van der Waals surface area contributed by atoms with E-state index in [2.05, 4.69) is 79.1 Å². The average Bonchev–Trinajstić information content (AvgIpc) is 3.60. The summed E-state index contributed by atoms with van der Waals surface area (Å²) in [7, 11) is 3.29. The Balaban J connectivity index is 1.29. The second-order valence-corrected chi connectivity index (χ2v) is 19.0. The van der Waals surface area contributed by atoms with Gasteiger partial charge in [0.25, 0.3) is 5.91 Å². The van der Waals surface area contributed by atoms with Crippen molar-refractivity contribution in [1.29, 1.82) is 0 Å². The lowest BCUT2D eigenvalue weighted by Crippen LogP contribution is -2.65. The number of cyclic esters (lactones) is 1. The van der Waals surface area contributed by atoms with Gasteiger partial charge < -0.3 is 29.2 Å². The van der Waals surface area contributed by atoms with Gasteiger partial charge in [0.2, 0.25) is 17.7 Å². The van der Waals surface area contributed by atoms with Gasteiger partial charge in [-0.3, -0.25) is 34.0 Å². The van der Waals surface area contributed by atoms with Crippen LogP contribution in [0.5, 0.6) is 0 Å². The van der Waals surface area contributed by atoms with Gasteiger partial charge in [0, 0.05) is 74.3 Å². The van der Waals surface area contributed by atoms with Crippen LogP contribution in [0.15, 0.2) is 73.4 Å². The van der Waals surface area contributed by atoms with Crippen LogP contribution in [0, 0.1) is 17.3 Å². The lowest BCUT2D eigenvalue weighted by molar-refractivity contribution is -0.156. The summed E-state index contributed by atoms with van der Waals surface area (Å²) in [5, 5.41) is 5.56. The van der Waals surface area contributed by atoms with Crippen LogP contribution in [0.25, 0.3) is 33.3 Å². The van der Waals surface area contributed by atoms with Gasteiger partial charge in [0.15, 0.2) is 0 Å². The largest absolute Gasteiger partial charge is 0.464 e. The number of hydrogen-bond donors (Lipinski definition) is 2. The van der Waals surface area contributed by atoms with Crippen LogP contribution in [0.1, 0.15) is 84.2 Å². The molecule has 3 aliphatic heterocycles. The molecule has 0 spiro atoms. The van der Waals surface area contributed by atoms with Gasteiger partial charge in [-0.25, -0.2) is 5.43 Å². The third-order valence-electron chi connectivity index (χ3n) is 13.5. The smallest absolute Gasteiger partial charge is 0.324 e. The fourth-order valence-corrected chi connectivity index (χ4v) is 9.87. The Hall–Kier alpha value is -5.86. The maximum Gasteiger partial charge on any atom is 0.324 e. The number of fused-ring (bicyclic) bond motifs is 6. The Labute approximate surface area is 382 Å². The highest BCUT2D eigenvalue weighted by molar-refractivity contribution is 5.96. The first kappa shape index (κ1) is 47.1. The van der Waals surface area contributed by atoms with Gasteiger partial charge in [0.05, 0.1) is 30.0 Å². The second-order valence-electron chi connectivity index (χ2n) is 19.0. The summed E-state index contributed by atoms with van der Waals surface area (Å²) in [5.74, 6) is -2.61. The molecule has 3 aliphatic rings. The molecule has 14 heteroatoms. The quantitative estimate of drug-likeness (QED) is 0.139. The minimum atomic E-state index is -1.05. The zero-order valence-electron chi connectivity index (χ0n) is 39.4. The normalized spacial score (nSPS) is 22.1. The van der Waals surface area contributed by atoms with Gasteiger partial charge in [-0.15, -0.1) is 0 Å². The molecule has 0 radical (unpaired) electrons. The van der Waals surface area contributed by atoms with E-state index in [0.29, 0.717) is 32.4 Å². The Morgan fingerprint density at radius 2 is 1.85 bits per heavy atom. The molecule has 14 nitrogen and oxygen atoms in total. The highest BCUT2D eigenvalue weighted by atomic mass is 16.5. The summed E-state index contributed by atoms with van der Waals surface area (Å²) >= 11 is 0. The molecule has 2 aromatic carbocycles. The number of nitrogens with zero attached hydrogens (tertiary/aromatic N) is 5. The Morgan fingerprint density at radius 1 is 1.09 bits per heavy atom. The molecule has 2 N–H and O–H groups in total. The van der Waals surface area contributed by atoms with Crippen molar-refractivity contribution in [3.63, 3.8) is 0 Å². The molecule has 2 aromatic heterocycles. The van der Waals surface area contributed by atoms with Gasteiger partial charge in [0.1, 0.15) is 18.1 Å². The number of amides is 4. The molecule has 0 saturated carbocycles. The highest BCUT2D eigenvalue weighted by Crippen LogP contribution is 2.42. The van der Waals surface area contributed by atoms with Crippen LogP contribution in [0.2, 0.25) is 0 Å². The zero-order valence-corrected chi connectivity index (χ0v) is 39.4. The Bertz CT molecular complexity index is 2480. The van der Waals surface area contributed by atoms with Crippen LogP contribution in [0.3, 0.4) is 0 Å². The number of ether oxygens (including phenoxy) is 2. The summed E-state index contributed by atoms with van der Waals surface area (Å²) < 4.78 is 14.3. The minimum Gasteiger partial charge on any atom is -0.464 e. The maximum atomic E-state index is 14.7. The third-order valence-corrected chi connectivity index (χ3v) is 13.5. The number of esters is 1.